The maximum absolute atomic E-state index is 13.1. The minimum atomic E-state index is -0.241. The van der Waals surface area contributed by atoms with Crippen molar-refractivity contribution in [1.82, 2.24) is 10.2 Å². The summed E-state index contributed by atoms with van der Waals surface area (Å²) in [7, 11) is 0. The predicted octanol–water partition coefficient (Wildman–Crippen LogP) is 6.67. The third kappa shape index (κ3) is 4.39. The number of nitrogens with one attached hydrogen (secondary N) is 1. The molecule has 0 spiro atoms. The van der Waals surface area contributed by atoms with Crippen LogP contribution in [0.25, 0.3) is 32.3 Å². The second-order valence-corrected chi connectivity index (χ2v) is 10.1. The third-order valence-corrected chi connectivity index (χ3v) is 7.62. The summed E-state index contributed by atoms with van der Waals surface area (Å²) in [4.78, 5) is 27.6. The molecule has 3 N–H and O–H groups in total. The maximum Gasteiger partial charge on any atom is 0.261 e. The van der Waals surface area contributed by atoms with Crippen molar-refractivity contribution in [3.05, 3.63) is 102 Å². The van der Waals surface area contributed by atoms with Gasteiger partial charge in [-0.05, 0) is 76.1 Å². The van der Waals surface area contributed by atoms with E-state index in [-0.39, 0.29) is 11.8 Å². The van der Waals surface area contributed by atoms with Crippen LogP contribution in [0, 0.1) is 0 Å². The molecular formula is C33H31N3O2. The monoisotopic (exact) mass is 501 g/mol. The normalized spacial score (nSPS) is 13.2. The Kier molecular flexibility index (Phi) is 6.52. The molecule has 5 aromatic carbocycles. The Balaban J connectivity index is 1.02. The van der Waals surface area contributed by atoms with Crippen LogP contribution in [0.3, 0.4) is 0 Å². The molecule has 0 bridgehead atoms. The van der Waals surface area contributed by atoms with Gasteiger partial charge in [-0.1, -0.05) is 73.5 Å². The highest BCUT2D eigenvalue weighted by molar-refractivity contribution is 6.25. The van der Waals surface area contributed by atoms with Crippen LogP contribution in [0.15, 0.2) is 84.9 Å². The molecule has 38 heavy (non-hydrogen) atoms. The lowest BCUT2D eigenvalue weighted by molar-refractivity contribution is 0.0607. The molecule has 0 saturated heterocycles. The largest absolute Gasteiger partial charge is 0.399 e. The van der Waals surface area contributed by atoms with Crippen LogP contribution in [0.2, 0.25) is 0 Å². The molecule has 0 aliphatic carbocycles. The minimum Gasteiger partial charge on any atom is -0.399 e. The first-order valence-electron chi connectivity index (χ1n) is 13.4. The second kappa shape index (κ2) is 10.3. The molecule has 5 nitrogen and oxygen atoms in total. The number of amides is 2. The van der Waals surface area contributed by atoms with Crippen molar-refractivity contribution in [2.75, 3.05) is 18.8 Å². The van der Waals surface area contributed by atoms with Crippen molar-refractivity contribution in [1.29, 1.82) is 0 Å². The van der Waals surface area contributed by atoms with Gasteiger partial charge in [0.2, 0.25) is 0 Å². The highest BCUT2D eigenvalue weighted by atomic mass is 16.2. The lowest BCUT2D eigenvalue weighted by atomic mass is 9.93. The fourth-order valence-electron chi connectivity index (χ4n) is 5.77. The number of carbonyl (C=O) groups excluding carboxylic acids is 2. The van der Waals surface area contributed by atoms with Gasteiger partial charge in [-0.3, -0.25) is 14.5 Å². The van der Waals surface area contributed by atoms with Crippen LogP contribution >= 0.6 is 0 Å². The first-order valence-corrected chi connectivity index (χ1v) is 13.4. The van der Waals surface area contributed by atoms with Crippen LogP contribution in [-0.2, 0) is 6.54 Å². The molecule has 0 atom stereocenters. The zero-order valence-corrected chi connectivity index (χ0v) is 21.4. The minimum absolute atomic E-state index is 0.207. The summed E-state index contributed by atoms with van der Waals surface area (Å²) < 4.78 is 0. The lowest BCUT2D eigenvalue weighted by Gasteiger charge is -2.27. The number of unbranched alkanes of at least 4 members (excludes halogenated alkanes) is 3. The van der Waals surface area contributed by atoms with Crippen LogP contribution in [0.4, 0.5) is 5.69 Å². The van der Waals surface area contributed by atoms with E-state index < -0.39 is 0 Å². The quantitative estimate of drug-likeness (QED) is 0.102. The van der Waals surface area contributed by atoms with Crippen molar-refractivity contribution < 1.29 is 9.59 Å². The Morgan fingerprint density at radius 3 is 2.08 bits per heavy atom. The number of nitrogens with zero attached hydrogens (tertiary/aromatic N) is 1. The van der Waals surface area contributed by atoms with Gasteiger partial charge in [-0.2, -0.15) is 0 Å². The SMILES string of the molecule is Nc1cc2c3c(cccc3c1)C(=O)N(CCCCCCNCc1c3ccccc3cc3ccccc13)C2=O. The van der Waals surface area contributed by atoms with E-state index in [0.717, 1.165) is 49.5 Å². The summed E-state index contributed by atoms with van der Waals surface area (Å²) >= 11 is 0. The van der Waals surface area contributed by atoms with Gasteiger partial charge in [-0.25, -0.2) is 0 Å². The number of fused-ring (bicyclic) bond motifs is 2. The van der Waals surface area contributed by atoms with Gasteiger partial charge in [-0.15, -0.1) is 0 Å². The second-order valence-electron chi connectivity index (χ2n) is 10.1. The first kappa shape index (κ1) is 24.1. The molecule has 2 amide bonds. The summed E-state index contributed by atoms with van der Waals surface area (Å²) in [6, 6.07) is 28.5. The van der Waals surface area contributed by atoms with Crippen LogP contribution in [-0.4, -0.2) is 29.8 Å². The Morgan fingerprint density at radius 2 is 1.32 bits per heavy atom. The third-order valence-electron chi connectivity index (χ3n) is 7.62. The van der Waals surface area contributed by atoms with E-state index in [9.17, 15) is 9.59 Å². The molecule has 6 rings (SSSR count). The van der Waals surface area contributed by atoms with Gasteiger partial charge in [0.05, 0.1) is 5.56 Å². The molecular weight excluding hydrogens is 470 g/mol. The van der Waals surface area contributed by atoms with Crippen molar-refractivity contribution in [2.45, 2.75) is 32.2 Å². The molecule has 0 fully saturated rings. The van der Waals surface area contributed by atoms with E-state index in [1.807, 2.05) is 18.2 Å². The van der Waals surface area contributed by atoms with Crippen LogP contribution in [0.1, 0.15) is 52.0 Å². The van der Waals surface area contributed by atoms with Crippen molar-refractivity contribution >= 4 is 49.8 Å². The molecule has 0 saturated carbocycles. The molecule has 1 aliphatic heterocycles. The average molecular weight is 502 g/mol. The summed E-state index contributed by atoms with van der Waals surface area (Å²) in [6.45, 7) is 2.18. The van der Waals surface area contributed by atoms with E-state index in [4.69, 9.17) is 5.73 Å². The Morgan fingerprint density at radius 1 is 0.658 bits per heavy atom. The zero-order chi connectivity index (χ0) is 26.1. The first-order chi connectivity index (χ1) is 18.6. The van der Waals surface area contributed by atoms with Gasteiger partial charge in [0.1, 0.15) is 0 Å². The summed E-state index contributed by atoms with van der Waals surface area (Å²) in [6.07, 6.45) is 3.84. The predicted molar refractivity (Wildman–Crippen MR) is 155 cm³/mol. The molecule has 0 radical (unpaired) electrons. The Hall–Kier alpha value is -4.22. The van der Waals surface area contributed by atoms with E-state index >= 15 is 0 Å². The van der Waals surface area contributed by atoms with E-state index in [1.165, 1.54) is 32.0 Å². The number of rotatable bonds is 9. The van der Waals surface area contributed by atoms with E-state index in [0.29, 0.717) is 23.4 Å². The van der Waals surface area contributed by atoms with Gasteiger partial charge in [0, 0.05) is 29.7 Å². The van der Waals surface area contributed by atoms with E-state index in [1.54, 1.807) is 12.1 Å². The van der Waals surface area contributed by atoms with Crippen molar-refractivity contribution in [3.8, 4) is 0 Å². The Labute approximate surface area is 222 Å². The number of hydrogen-bond donors (Lipinski definition) is 2. The molecule has 0 aromatic heterocycles. The molecule has 190 valence electrons. The van der Waals surface area contributed by atoms with Crippen LogP contribution < -0.4 is 11.1 Å². The average Bonchev–Trinajstić information content (AvgIpc) is 2.93. The van der Waals surface area contributed by atoms with Crippen molar-refractivity contribution in [2.24, 2.45) is 0 Å². The lowest BCUT2D eigenvalue weighted by Crippen LogP contribution is -2.40. The number of carbonyl (C=O) groups is 2. The zero-order valence-electron chi connectivity index (χ0n) is 21.4. The van der Waals surface area contributed by atoms with Crippen molar-refractivity contribution in [3.63, 3.8) is 0 Å². The summed E-state index contributed by atoms with van der Waals surface area (Å²) in [5.74, 6) is -0.447. The summed E-state index contributed by atoms with van der Waals surface area (Å²) in [5.41, 5.74) is 9.02. The van der Waals surface area contributed by atoms with Crippen LogP contribution in [0.5, 0.6) is 0 Å². The number of imide groups is 1. The fraction of sp³-hybridized carbons (Fsp3) is 0.212. The van der Waals surface area contributed by atoms with E-state index in [2.05, 4.69) is 59.9 Å². The number of nitrogen functional groups attached to an aromatic ring is 1. The number of benzene rings is 5. The molecule has 5 heteroatoms. The fourth-order valence-corrected chi connectivity index (χ4v) is 5.77. The van der Waals surface area contributed by atoms with Gasteiger partial charge < -0.3 is 11.1 Å². The highest BCUT2D eigenvalue weighted by Crippen LogP contribution is 2.32. The topological polar surface area (TPSA) is 75.4 Å². The highest BCUT2D eigenvalue weighted by Gasteiger charge is 2.32. The number of anilines is 1. The summed E-state index contributed by atoms with van der Waals surface area (Å²) in [5, 5.41) is 10.3. The van der Waals surface area contributed by atoms with Gasteiger partial charge >= 0.3 is 0 Å². The molecule has 5 aromatic rings. The molecule has 1 aliphatic rings. The number of nitrogens with two attached hydrogens (primary N) is 1. The van der Waals surface area contributed by atoms with Gasteiger partial charge in [0.25, 0.3) is 11.8 Å². The molecule has 1 heterocycles. The maximum atomic E-state index is 13.1. The smallest absolute Gasteiger partial charge is 0.261 e. The molecule has 0 unspecified atom stereocenters. The Bertz CT molecular complexity index is 1640. The number of hydrogen-bond acceptors (Lipinski definition) is 4. The standard InChI is InChI=1S/C33H31N3O2/c34-25-19-24-12-9-15-28-31(24)29(20-25)33(38)36(32(28)37)17-8-2-1-7-16-35-21-30-26-13-5-3-10-22(26)18-23-11-4-6-14-27(23)30/h3-6,9-15,18-20,35H,1-2,7-8,16-17,21,34H2. The van der Waals surface area contributed by atoms with Gasteiger partial charge in [0.15, 0.2) is 0 Å².